The van der Waals surface area contributed by atoms with Gasteiger partial charge in [-0.3, -0.25) is 0 Å². The lowest BCUT2D eigenvalue weighted by molar-refractivity contribution is 0.725. The Bertz CT molecular complexity index is 4620. The minimum Gasteiger partial charge on any atom is -0.0842 e. The van der Waals surface area contributed by atoms with Gasteiger partial charge >= 0.3 is 0 Å². The lowest BCUT2D eigenvalue weighted by Gasteiger charge is -2.32. The van der Waals surface area contributed by atoms with Gasteiger partial charge in [-0.15, -0.1) is 0 Å². The average Bonchev–Trinajstić information content (AvgIpc) is 2.04. The van der Waals surface area contributed by atoms with Crippen molar-refractivity contribution in [2.75, 3.05) is 0 Å². The molecule has 0 aromatic heterocycles. The molecular formula is C84H64. The third kappa shape index (κ3) is 8.09. The fourth-order valence-electron chi connectivity index (χ4n) is 15.9. The van der Waals surface area contributed by atoms with Crippen LogP contribution in [-0.2, 0) is 0 Å². The molecule has 0 heteroatoms. The first-order valence-corrected chi connectivity index (χ1v) is 30.9. The molecule has 0 aliphatic heterocycles. The summed E-state index contributed by atoms with van der Waals surface area (Å²) in [6.07, 6.45) is 56.7. The molecule has 84 heavy (non-hydrogen) atoms. The molecule has 0 spiro atoms. The van der Waals surface area contributed by atoms with Gasteiger partial charge < -0.3 is 0 Å². The van der Waals surface area contributed by atoms with Crippen molar-refractivity contribution >= 4 is 66.1 Å². The van der Waals surface area contributed by atoms with E-state index in [0.717, 1.165) is 51.4 Å². The summed E-state index contributed by atoms with van der Waals surface area (Å²) in [6.45, 7) is 0. The van der Waals surface area contributed by atoms with Gasteiger partial charge in [0, 0.05) is 23.7 Å². The second-order valence-electron chi connectivity index (χ2n) is 24.5. The number of rotatable bonds is 9. The van der Waals surface area contributed by atoms with E-state index in [1.54, 1.807) is 0 Å². The third-order valence-corrected chi connectivity index (χ3v) is 19.7. The summed E-state index contributed by atoms with van der Waals surface area (Å²) in [7, 11) is 0. The van der Waals surface area contributed by atoms with Gasteiger partial charge in [0.25, 0.3) is 0 Å². The number of hydrogen-bond acceptors (Lipinski definition) is 0. The van der Waals surface area contributed by atoms with Crippen LogP contribution in [0.15, 0.2) is 267 Å². The zero-order chi connectivity index (χ0) is 55.2. The Morgan fingerprint density at radius 2 is 1.07 bits per heavy atom. The Hall–Kier alpha value is -9.36. The van der Waals surface area contributed by atoms with Crippen LogP contribution in [0.1, 0.15) is 119 Å². The van der Waals surface area contributed by atoms with Crippen LogP contribution >= 0.6 is 0 Å². The molecule has 0 amide bonds. The van der Waals surface area contributed by atoms with Crippen LogP contribution in [0, 0.1) is 11.8 Å². The molecule has 0 nitrogen and oxygen atoms in total. The number of hydrogen-bond donors (Lipinski definition) is 0. The first-order valence-electron chi connectivity index (χ1n) is 30.9. The minimum absolute atomic E-state index is 0.108. The molecule has 0 fully saturated rings. The van der Waals surface area contributed by atoms with E-state index in [0.29, 0.717) is 5.92 Å². The van der Waals surface area contributed by atoms with Crippen LogP contribution in [0.25, 0.3) is 99.5 Å². The van der Waals surface area contributed by atoms with Crippen molar-refractivity contribution in [2.45, 2.75) is 63.2 Å². The van der Waals surface area contributed by atoms with Crippen molar-refractivity contribution < 1.29 is 0 Å². The molecule has 4 unspecified atom stereocenters. The highest BCUT2D eigenvalue weighted by Crippen LogP contribution is 2.64. The second-order valence-corrected chi connectivity index (χ2v) is 24.5. The average molecular weight is 1070 g/mol. The van der Waals surface area contributed by atoms with E-state index in [2.05, 4.69) is 267 Å². The van der Waals surface area contributed by atoms with Crippen molar-refractivity contribution in [3.8, 4) is 33.4 Å². The van der Waals surface area contributed by atoms with Crippen molar-refractivity contribution in [1.82, 2.24) is 0 Å². The van der Waals surface area contributed by atoms with Crippen molar-refractivity contribution in [3.05, 3.63) is 323 Å². The molecule has 8 aromatic rings. The summed E-state index contributed by atoms with van der Waals surface area (Å²) in [6, 6.07) is 56.7. The van der Waals surface area contributed by atoms with Crippen LogP contribution in [0.4, 0.5) is 0 Å². The molecule has 0 heterocycles. The van der Waals surface area contributed by atoms with E-state index in [-0.39, 0.29) is 17.8 Å². The highest BCUT2D eigenvalue weighted by Gasteiger charge is 2.45. The molecule has 8 aromatic carbocycles. The molecule has 0 saturated carbocycles. The van der Waals surface area contributed by atoms with Gasteiger partial charge in [0.2, 0.25) is 0 Å². The fraction of sp³-hybridized carbons (Fsp3) is 0.143. The standard InChI is InChI=1S/C84H64/c1-7-23-53(24-8-1)59-43-60(54-25-9-2-10-26-54)47-65(46-59)68-41-42-75-80-71(68)37-21-40-74(80)84-79(67-50-63(57-31-15-5-16-32-57)45-64(51-67)58-33-17-6-18-34-58)82-73-39-22-38-72-69-35-19-20-36-70(69)76(81(72)73)52-77(82)78(83(75)84)66-48-61(55-27-11-3-12-28-55)44-62(49-66)56-29-13-4-14-30-56/h1,3-5,7-9,11-15,17,19-23,25-31,33-43,45-53,61,71,80H,2,6,10,16,18,24,32,44H2. The normalized spacial score (nSPS) is 21.2. The molecule has 4 atom stereocenters. The van der Waals surface area contributed by atoms with E-state index in [1.807, 2.05) is 0 Å². The monoisotopic (exact) mass is 1070 g/mol. The number of benzene rings is 8. The maximum Gasteiger partial charge on any atom is 0.0206 e. The van der Waals surface area contributed by atoms with Crippen LogP contribution in [0.3, 0.4) is 0 Å². The van der Waals surface area contributed by atoms with E-state index >= 15 is 0 Å². The van der Waals surface area contributed by atoms with Crippen molar-refractivity contribution in [3.63, 3.8) is 0 Å². The van der Waals surface area contributed by atoms with Gasteiger partial charge in [0.05, 0.1) is 0 Å². The maximum absolute atomic E-state index is 2.65. The Kier molecular flexibility index (Phi) is 11.9. The quantitative estimate of drug-likeness (QED) is 0.126. The fourth-order valence-corrected chi connectivity index (χ4v) is 15.9. The first kappa shape index (κ1) is 49.3. The van der Waals surface area contributed by atoms with Crippen LogP contribution in [-0.4, -0.2) is 0 Å². The summed E-state index contributed by atoms with van der Waals surface area (Å²) in [5.74, 6) is 0.744. The second kappa shape index (κ2) is 20.2. The first-order chi connectivity index (χ1) is 41.7. The number of allylic oxidation sites excluding steroid dienone is 28. The van der Waals surface area contributed by atoms with Crippen LogP contribution < -0.4 is 0 Å². The van der Waals surface area contributed by atoms with Gasteiger partial charge in [0.1, 0.15) is 0 Å². The summed E-state index contributed by atoms with van der Waals surface area (Å²) >= 11 is 0. The Morgan fingerprint density at radius 3 is 1.85 bits per heavy atom. The van der Waals surface area contributed by atoms with E-state index in [1.165, 1.54) is 155 Å². The van der Waals surface area contributed by atoms with E-state index in [4.69, 9.17) is 0 Å². The highest BCUT2D eigenvalue weighted by atomic mass is 14.5. The predicted molar refractivity (Wildman–Crippen MR) is 359 cm³/mol. The molecular weight excluding hydrogens is 1010 g/mol. The van der Waals surface area contributed by atoms with Crippen LogP contribution in [0.5, 0.6) is 0 Å². The van der Waals surface area contributed by atoms with Gasteiger partial charge in [-0.25, -0.2) is 0 Å². The highest BCUT2D eigenvalue weighted by molar-refractivity contribution is 6.30. The molecule has 0 N–H and O–H groups in total. The third-order valence-electron chi connectivity index (χ3n) is 19.7. The molecule has 0 bridgehead atoms. The van der Waals surface area contributed by atoms with Gasteiger partial charge in [0.15, 0.2) is 0 Å². The Morgan fingerprint density at radius 1 is 0.369 bits per heavy atom. The lowest BCUT2D eigenvalue weighted by Crippen LogP contribution is -2.19. The van der Waals surface area contributed by atoms with Crippen molar-refractivity contribution in [1.29, 1.82) is 0 Å². The SMILES string of the molecule is C1=CCCC(c2cc(C3=CCCC=C3)cc(-c3c4c(c(C5=CC(c6ccccc6)CC(c6ccccc6)=C5)c5cc6c7c(cccc7c35)-c3ccccc3-6)C3=CC=C(c5cc(C6=CCCC=C6)cc(C6C=CC=CC6)c5)C5C=CC=C4C35)c2)=C1. The Balaban J connectivity index is 1.01. The molecule has 17 rings (SSSR count). The summed E-state index contributed by atoms with van der Waals surface area (Å²) in [5.41, 5.74) is 32.4. The summed E-state index contributed by atoms with van der Waals surface area (Å²) < 4.78 is 0. The zero-order valence-electron chi connectivity index (χ0n) is 47.4. The van der Waals surface area contributed by atoms with Gasteiger partial charge in [-0.2, -0.15) is 0 Å². The maximum atomic E-state index is 2.65. The topological polar surface area (TPSA) is 0 Å². The smallest absolute Gasteiger partial charge is 0.0206 e. The van der Waals surface area contributed by atoms with Crippen molar-refractivity contribution in [2.24, 2.45) is 11.8 Å². The summed E-state index contributed by atoms with van der Waals surface area (Å²) in [4.78, 5) is 0. The zero-order valence-corrected chi connectivity index (χ0v) is 47.4. The minimum atomic E-state index is 0.108. The summed E-state index contributed by atoms with van der Waals surface area (Å²) in [5, 5.41) is 5.37. The molecule has 9 aliphatic carbocycles. The molecule has 0 radical (unpaired) electrons. The van der Waals surface area contributed by atoms with Gasteiger partial charge in [-0.05, 0) is 237 Å². The number of fused-ring (bicyclic) bond motifs is 8. The molecule has 0 saturated heterocycles. The van der Waals surface area contributed by atoms with Gasteiger partial charge in [-0.1, -0.05) is 237 Å². The van der Waals surface area contributed by atoms with E-state index in [9.17, 15) is 0 Å². The largest absolute Gasteiger partial charge is 0.0842 e. The molecule has 400 valence electrons. The lowest BCUT2D eigenvalue weighted by atomic mass is 9.71. The predicted octanol–water partition coefficient (Wildman–Crippen LogP) is 22.4. The Labute approximate surface area is 494 Å². The van der Waals surface area contributed by atoms with Crippen LogP contribution in [0.2, 0.25) is 0 Å². The molecule has 9 aliphatic rings. The van der Waals surface area contributed by atoms with E-state index < -0.39 is 0 Å².